The molecule has 19 heavy (non-hydrogen) atoms. The number of nitrogens with one attached hydrogen (secondary N) is 1. The molecular weight excluding hydrogens is 256 g/mol. The van der Waals surface area contributed by atoms with Crippen LogP contribution in [-0.4, -0.2) is 29.6 Å². The molecule has 3 heterocycles. The summed E-state index contributed by atoms with van der Waals surface area (Å²) in [5.74, 6) is 3.30. The lowest BCUT2D eigenvalue weighted by Gasteiger charge is -2.19. The van der Waals surface area contributed by atoms with Crippen molar-refractivity contribution in [3.63, 3.8) is 0 Å². The molecule has 2 atom stereocenters. The molecule has 0 aliphatic carbocycles. The molecule has 2 unspecified atom stereocenters. The first-order chi connectivity index (χ1) is 9.19. The quantitative estimate of drug-likeness (QED) is 0.934. The number of nitrogens with zero attached hydrogens (tertiary/aromatic N) is 3. The van der Waals surface area contributed by atoms with Gasteiger partial charge in [-0.2, -0.15) is 4.98 Å². The summed E-state index contributed by atoms with van der Waals surface area (Å²) in [7, 11) is 0. The molecule has 4 nitrogen and oxygen atoms in total. The zero-order chi connectivity index (χ0) is 13.4. The number of hydrogen-bond donors (Lipinski definition) is 1. The molecule has 0 saturated carbocycles. The van der Waals surface area contributed by atoms with Gasteiger partial charge in [-0.05, 0) is 30.2 Å². The Morgan fingerprint density at radius 3 is 2.74 bits per heavy atom. The predicted molar refractivity (Wildman–Crippen MR) is 82.1 cm³/mol. The van der Waals surface area contributed by atoms with Crippen LogP contribution in [-0.2, 0) is 0 Å². The molecule has 1 saturated heterocycles. The summed E-state index contributed by atoms with van der Waals surface area (Å²) in [5, 5.41) is 6.52. The van der Waals surface area contributed by atoms with Crippen LogP contribution in [0.2, 0.25) is 0 Å². The Kier molecular flexibility index (Phi) is 3.31. The highest BCUT2D eigenvalue weighted by Crippen LogP contribution is 2.33. The lowest BCUT2D eigenvalue weighted by molar-refractivity contribution is 0.494. The summed E-state index contributed by atoms with van der Waals surface area (Å²) in [6.45, 7) is 9.75. The van der Waals surface area contributed by atoms with E-state index in [4.69, 9.17) is 4.98 Å². The van der Waals surface area contributed by atoms with Crippen molar-refractivity contribution >= 4 is 33.3 Å². The second kappa shape index (κ2) is 4.96. The van der Waals surface area contributed by atoms with Crippen molar-refractivity contribution in [1.29, 1.82) is 0 Å². The number of thiophene rings is 1. The smallest absolute Gasteiger partial charge is 0.226 e. The first-order valence-corrected chi connectivity index (χ1v) is 7.81. The number of aromatic nitrogens is 2. The molecule has 1 aliphatic rings. The van der Waals surface area contributed by atoms with E-state index in [0.29, 0.717) is 0 Å². The fraction of sp³-hybridized carbons (Fsp3) is 0.571. The van der Waals surface area contributed by atoms with Crippen molar-refractivity contribution < 1.29 is 0 Å². The Balaban J connectivity index is 2.03. The topological polar surface area (TPSA) is 41.1 Å². The van der Waals surface area contributed by atoms with E-state index < -0.39 is 0 Å². The van der Waals surface area contributed by atoms with Crippen molar-refractivity contribution in [2.45, 2.75) is 20.8 Å². The van der Waals surface area contributed by atoms with Crippen LogP contribution in [0, 0.1) is 11.8 Å². The highest BCUT2D eigenvalue weighted by Gasteiger charge is 2.28. The van der Waals surface area contributed by atoms with Crippen LogP contribution in [0.15, 0.2) is 11.4 Å². The molecule has 0 aromatic carbocycles. The largest absolute Gasteiger partial charge is 0.355 e. The normalized spacial score (nSPS) is 23.2. The average molecular weight is 276 g/mol. The molecule has 0 amide bonds. The molecule has 3 rings (SSSR count). The van der Waals surface area contributed by atoms with Gasteiger partial charge in [0.1, 0.15) is 10.6 Å². The van der Waals surface area contributed by atoms with Gasteiger partial charge in [0.25, 0.3) is 0 Å². The van der Waals surface area contributed by atoms with Gasteiger partial charge in [-0.3, -0.25) is 0 Å². The Morgan fingerprint density at radius 1 is 1.32 bits per heavy atom. The summed E-state index contributed by atoms with van der Waals surface area (Å²) in [5.41, 5.74) is 0. The summed E-state index contributed by atoms with van der Waals surface area (Å²) < 4.78 is 0. The molecule has 5 heteroatoms. The van der Waals surface area contributed by atoms with E-state index in [1.54, 1.807) is 11.3 Å². The van der Waals surface area contributed by atoms with Gasteiger partial charge in [-0.15, -0.1) is 11.3 Å². The zero-order valence-corrected chi connectivity index (χ0v) is 12.5. The third-order valence-electron chi connectivity index (χ3n) is 3.93. The first-order valence-electron chi connectivity index (χ1n) is 6.93. The number of hydrogen-bond acceptors (Lipinski definition) is 5. The van der Waals surface area contributed by atoms with Gasteiger partial charge in [-0.1, -0.05) is 13.8 Å². The SMILES string of the molecule is CCNc1nc(N2CC(C)C(C)C2)c2ccsc2n1. The van der Waals surface area contributed by atoms with Crippen LogP contribution in [0.25, 0.3) is 10.2 Å². The van der Waals surface area contributed by atoms with Gasteiger partial charge in [0.15, 0.2) is 0 Å². The zero-order valence-electron chi connectivity index (χ0n) is 11.7. The Hall–Kier alpha value is -1.36. The molecule has 2 aromatic heterocycles. The summed E-state index contributed by atoms with van der Waals surface area (Å²) in [6, 6.07) is 2.14. The molecule has 1 aliphatic heterocycles. The van der Waals surface area contributed by atoms with Crippen LogP contribution in [0.1, 0.15) is 20.8 Å². The molecule has 0 bridgehead atoms. The highest BCUT2D eigenvalue weighted by molar-refractivity contribution is 7.16. The van der Waals surface area contributed by atoms with Gasteiger partial charge in [0.2, 0.25) is 5.95 Å². The maximum absolute atomic E-state index is 4.72. The number of rotatable bonds is 3. The van der Waals surface area contributed by atoms with Crippen molar-refractivity contribution in [3.05, 3.63) is 11.4 Å². The molecule has 0 spiro atoms. The number of anilines is 2. The fourth-order valence-electron chi connectivity index (χ4n) is 2.62. The predicted octanol–water partition coefficient (Wildman–Crippen LogP) is 3.22. The van der Waals surface area contributed by atoms with E-state index in [1.807, 2.05) is 0 Å². The maximum atomic E-state index is 4.72. The number of fused-ring (bicyclic) bond motifs is 1. The van der Waals surface area contributed by atoms with Crippen LogP contribution in [0.5, 0.6) is 0 Å². The lowest BCUT2D eigenvalue weighted by atomic mass is 10.0. The summed E-state index contributed by atoms with van der Waals surface area (Å²) in [4.78, 5) is 12.8. The van der Waals surface area contributed by atoms with Gasteiger partial charge in [-0.25, -0.2) is 4.98 Å². The minimum Gasteiger partial charge on any atom is -0.355 e. The minimum absolute atomic E-state index is 0.728. The maximum Gasteiger partial charge on any atom is 0.226 e. The second-order valence-corrected chi connectivity index (χ2v) is 6.29. The first kappa shape index (κ1) is 12.7. The van der Waals surface area contributed by atoms with Crippen molar-refractivity contribution in [3.8, 4) is 0 Å². The van der Waals surface area contributed by atoms with Crippen LogP contribution < -0.4 is 10.2 Å². The molecule has 0 radical (unpaired) electrons. The van der Waals surface area contributed by atoms with Crippen LogP contribution >= 0.6 is 11.3 Å². The van der Waals surface area contributed by atoms with Gasteiger partial charge < -0.3 is 10.2 Å². The van der Waals surface area contributed by atoms with Gasteiger partial charge in [0, 0.05) is 19.6 Å². The van der Waals surface area contributed by atoms with E-state index in [1.165, 1.54) is 5.39 Å². The van der Waals surface area contributed by atoms with Gasteiger partial charge >= 0.3 is 0 Å². The van der Waals surface area contributed by atoms with Crippen molar-refractivity contribution in [2.75, 3.05) is 29.9 Å². The Morgan fingerprint density at radius 2 is 2.05 bits per heavy atom. The molecule has 102 valence electrons. The molecule has 1 fully saturated rings. The van der Waals surface area contributed by atoms with E-state index in [9.17, 15) is 0 Å². The Labute approximate surface area is 117 Å². The Bertz CT molecular complexity index is 570. The highest BCUT2D eigenvalue weighted by atomic mass is 32.1. The summed E-state index contributed by atoms with van der Waals surface area (Å²) >= 11 is 1.68. The van der Waals surface area contributed by atoms with Crippen molar-refractivity contribution in [1.82, 2.24) is 9.97 Å². The molecule has 1 N–H and O–H groups in total. The van der Waals surface area contributed by atoms with E-state index >= 15 is 0 Å². The minimum atomic E-state index is 0.728. The third kappa shape index (κ3) is 2.27. The van der Waals surface area contributed by atoms with Crippen molar-refractivity contribution in [2.24, 2.45) is 11.8 Å². The van der Waals surface area contributed by atoms with Crippen LogP contribution in [0.4, 0.5) is 11.8 Å². The second-order valence-electron chi connectivity index (χ2n) is 5.40. The van der Waals surface area contributed by atoms with Gasteiger partial charge in [0.05, 0.1) is 5.39 Å². The average Bonchev–Trinajstić information content (AvgIpc) is 2.96. The lowest BCUT2D eigenvalue weighted by Crippen LogP contribution is -2.21. The molecular formula is C14H20N4S. The monoisotopic (exact) mass is 276 g/mol. The summed E-state index contributed by atoms with van der Waals surface area (Å²) in [6.07, 6.45) is 0. The van der Waals surface area contributed by atoms with E-state index in [2.05, 4.69) is 47.4 Å². The van der Waals surface area contributed by atoms with E-state index in [-0.39, 0.29) is 0 Å². The van der Waals surface area contributed by atoms with E-state index in [0.717, 1.165) is 48.1 Å². The standard InChI is InChI=1S/C14H20N4S/c1-4-15-14-16-12(11-5-6-19-13(11)17-14)18-7-9(2)10(3)8-18/h5-6,9-10H,4,7-8H2,1-3H3,(H,15,16,17). The molecule has 2 aromatic rings. The fourth-order valence-corrected chi connectivity index (χ4v) is 3.38. The third-order valence-corrected chi connectivity index (χ3v) is 4.73. The van der Waals surface area contributed by atoms with Crippen LogP contribution in [0.3, 0.4) is 0 Å².